The molecule has 0 bridgehead atoms. The predicted octanol–water partition coefficient (Wildman–Crippen LogP) is 0.692. The molecule has 1 heterocycles. The second-order valence-corrected chi connectivity index (χ2v) is 4.97. The first-order valence-corrected chi connectivity index (χ1v) is 6.60. The summed E-state index contributed by atoms with van der Waals surface area (Å²) in [7, 11) is 0. The molecular weight excluding hydrogens is 379 g/mol. The third kappa shape index (κ3) is 5.82. The van der Waals surface area contributed by atoms with Crippen molar-refractivity contribution < 1.29 is 14.3 Å². The van der Waals surface area contributed by atoms with E-state index in [1.165, 1.54) is 6.07 Å². The first-order valence-electron chi connectivity index (χ1n) is 5.53. The van der Waals surface area contributed by atoms with E-state index in [2.05, 4.69) is 27.2 Å². The minimum atomic E-state index is -0.567. The lowest BCUT2D eigenvalue weighted by Gasteiger charge is -2.07. The van der Waals surface area contributed by atoms with Crippen molar-refractivity contribution in [2.75, 3.05) is 18.5 Å². The molecule has 0 aliphatic heterocycles. The van der Waals surface area contributed by atoms with Crippen LogP contribution in [0.25, 0.3) is 0 Å². The molecule has 0 saturated heterocycles. The summed E-state index contributed by atoms with van der Waals surface area (Å²) in [6.45, 7) is 5.22. The minimum absolute atomic E-state index is 0.0199. The van der Waals surface area contributed by atoms with Crippen LogP contribution in [0.1, 0.15) is 5.69 Å². The number of aryl methyl sites for hydroxylation is 1. The van der Waals surface area contributed by atoms with E-state index in [1.807, 2.05) is 0 Å². The predicted molar refractivity (Wildman–Crippen MR) is 80.7 cm³/mol. The highest BCUT2D eigenvalue weighted by Gasteiger charge is 2.06. The average molecular weight is 392 g/mol. The van der Waals surface area contributed by atoms with Gasteiger partial charge in [-0.25, -0.2) is 9.59 Å². The Hall–Kier alpha value is -1.91. The molecule has 0 fully saturated rings. The number of anilines is 1. The van der Waals surface area contributed by atoms with E-state index in [4.69, 9.17) is 4.74 Å². The molecule has 0 aliphatic carbocycles. The van der Waals surface area contributed by atoms with Gasteiger partial charge in [0.2, 0.25) is 5.95 Å². The molecular formula is C11H13IN4O4. The smallest absolute Gasteiger partial charge is 0.343 e. The Bertz CT molecular complexity index is 584. The number of esters is 1. The van der Waals surface area contributed by atoms with Crippen LogP contribution in [0, 0.1) is 6.92 Å². The summed E-state index contributed by atoms with van der Waals surface area (Å²) in [6, 6.07) is 0.738. The van der Waals surface area contributed by atoms with E-state index in [-0.39, 0.29) is 22.7 Å². The van der Waals surface area contributed by atoms with E-state index in [9.17, 15) is 14.4 Å². The first-order chi connectivity index (χ1) is 9.38. The largest absolute Gasteiger partial charge is 0.460 e. The van der Waals surface area contributed by atoms with Gasteiger partial charge in [-0.05, 0) is 29.5 Å². The summed E-state index contributed by atoms with van der Waals surface area (Å²) in [5, 5.41) is 4.80. The van der Waals surface area contributed by atoms with Crippen molar-refractivity contribution in [2.24, 2.45) is 0 Å². The molecule has 1 aromatic rings. The fourth-order valence-corrected chi connectivity index (χ4v) is 1.33. The van der Waals surface area contributed by atoms with Crippen LogP contribution in [-0.4, -0.2) is 35.1 Å². The number of halogens is 1. The van der Waals surface area contributed by atoms with Crippen LogP contribution < -0.4 is 16.2 Å². The lowest BCUT2D eigenvalue weighted by atomic mass is 10.4. The number of rotatable bonds is 5. The number of ether oxygens (including phenoxy) is 1. The van der Waals surface area contributed by atoms with Crippen LogP contribution in [0.4, 0.5) is 10.7 Å². The van der Waals surface area contributed by atoms with E-state index >= 15 is 0 Å². The maximum atomic E-state index is 11.5. The molecule has 0 radical (unpaired) electrons. The highest BCUT2D eigenvalue weighted by Crippen LogP contribution is 2.03. The molecule has 0 aromatic carbocycles. The quantitative estimate of drug-likeness (QED) is 0.296. The number of aromatic amines is 1. The molecule has 20 heavy (non-hydrogen) atoms. The Morgan fingerprint density at radius 3 is 2.85 bits per heavy atom. The number of hydrogen-bond acceptors (Lipinski definition) is 5. The molecule has 8 nitrogen and oxygen atoms in total. The monoisotopic (exact) mass is 392 g/mol. The Balaban J connectivity index is 2.35. The number of nitrogens with zero attached hydrogens (tertiary/aromatic N) is 1. The molecule has 2 amide bonds. The summed E-state index contributed by atoms with van der Waals surface area (Å²) in [4.78, 5) is 39.9. The molecule has 0 aliphatic rings. The summed E-state index contributed by atoms with van der Waals surface area (Å²) in [5.41, 5.74) is 0.126. The zero-order valence-corrected chi connectivity index (χ0v) is 12.8. The van der Waals surface area contributed by atoms with E-state index in [0.29, 0.717) is 5.69 Å². The summed E-state index contributed by atoms with van der Waals surface area (Å²) >= 11 is 1.74. The van der Waals surface area contributed by atoms with Crippen molar-refractivity contribution in [1.29, 1.82) is 0 Å². The SMILES string of the molecule is C=C(I)C(=O)OCCNC(=O)Nc1nc(=O)cc(C)[nH]1. The number of nitrogens with one attached hydrogen (secondary N) is 3. The Labute approximate surface area is 128 Å². The van der Waals surface area contributed by atoms with Crippen molar-refractivity contribution in [3.05, 3.63) is 32.3 Å². The Morgan fingerprint density at radius 2 is 2.25 bits per heavy atom. The van der Waals surface area contributed by atoms with Gasteiger partial charge in [-0.1, -0.05) is 6.58 Å². The number of amides is 2. The van der Waals surface area contributed by atoms with Gasteiger partial charge in [-0.3, -0.25) is 10.1 Å². The van der Waals surface area contributed by atoms with Gasteiger partial charge in [-0.15, -0.1) is 0 Å². The highest BCUT2D eigenvalue weighted by atomic mass is 127. The van der Waals surface area contributed by atoms with Gasteiger partial charge in [0.05, 0.1) is 10.1 Å². The number of carbonyl (C=O) groups excluding carboxylic acids is 2. The Morgan fingerprint density at radius 1 is 1.55 bits per heavy atom. The molecule has 9 heteroatoms. The maximum absolute atomic E-state index is 11.5. The Kier molecular flexibility index (Phi) is 6.15. The van der Waals surface area contributed by atoms with Crippen molar-refractivity contribution in [3.8, 4) is 0 Å². The average Bonchev–Trinajstić information content (AvgIpc) is 2.32. The molecule has 0 spiro atoms. The molecule has 108 valence electrons. The summed E-state index contributed by atoms with van der Waals surface area (Å²) < 4.78 is 5.04. The van der Waals surface area contributed by atoms with Gasteiger partial charge < -0.3 is 15.0 Å². The number of hydrogen-bond donors (Lipinski definition) is 3. The van der Waals surface area contributed by atoms with Gasteiger partial charge in [0.1, 0.15) is 6.61 Å². The fourth-order valence-electron chi connectivity index (χ4n) is 1.18. The lowest BCUT2D eigenvalue weighted by Crippen LogP contribution is -2.33. The number of urea groups is 1. The van der Waals surface area contributed by atoms with Crippen LogP contribution in [0.15, 0.2) is 21.0 Å². The van der Waals surface area contributed by atoms with Gasteiger partial charge >= 0.3 is 12.0 Å². The van der Waals surface area contributed by atoms with Gasteiger partial charge in [0.25, 0.3) is 5.56 Å². The van der Waals surface area contributed by atoms with E-state index in [0.717, 1.165) is 0 Å². The lowest BCUT2D eigenvalue weighted by molar-refractivity contribution is -0.137. The minimum Gasteiger partial charge on any atom is -0.460 e. The number of H-pyrrole nitrogens is 1. The van der Waals surface area contributed by atoms with Crippen molar-refractivity contribution in [1.82, 2.24) is 15.3 Å². The van der Waals surface area contributed by atoms with Crippen molar-refractivity contribution in [3.63, 3.8) is 0 Å². The third-order valence-corrected chi connectivity index (χ3v) is 2.39. The zero-order chi connectivity index (χ0) is 15.1. The number of aromatic nitrogens is 2. The zero-order valence-electron chi connectivity index (χ0n) is 10.7. The van der Waals surface area contributed by atoms with Gasteiger partial charge in [-0.2, -0.15) is 4.98 Å². The normalized spacial score (nSPS) is 9.70. The van der Waals surface area contributed by atoms with Crippen LogP contribution in [-0.2, 0) is 9.53 Å². The van der Waals surface area contributed by atoms with Crippen LogP contribution in [0.3, 0.4) is 0 Å². The molecule has 0 unspecified atom stereocenters. The second-order valence-electron chi connectivity index (χ2n) is 3.67. The maximum Gasteiger partial charge on any atom is 0.343 e. The van der Waals surface area contributed by atoms with Gasteiger partial charge in [0.15, 0.2) is 0 Å². The second kappa shape index (κ2) is 7.62. The number of carbonyl (C=O) groups is 2. The standard InChI is InChI=1S/C11H13IN4O4/c1-6-5-8(17)15-10(14-6)16-11(19)13-3-4-20-9(18)7(2)12/h5H,2-4H2,1H3,(H3,13,14,15,16,17,19). The summed E-state index contributed by atoms with van der Waals surface area (Å²) in [6.07, 6.45) is 0. The topological polar surface area (TPSA) is 113 Å². The molecule has 3 N–H and O–H groups in total. The van der Waals surface area contributed by atoms with E-state index in [1.54, 1.807) is 29.5 Å². The molecule has 1 aromatic heterocycles. The molecule has 1 rings (SSSR count). The fraction of sp³-hybridized carbons (Fsp3) is 0.273. The van der Waals surface area contributed by atoms with Crippen molar-refractivity contribution >= 4 is 40.5 Å². The van der Waals surface area contributed by atoms with E-state index < -0.39 is 17.6 Å². The van der Waals surface area contributed by atoms with Crippen molar-refractivity contribution in [2.45, 2.75) is 6.92 Å². The summed E-state index contributed by atoms with van der Waals surface area (Å²) in [5.74, 6) is -0.484. The molecule has 0 saturated carbocycles. The van der Waals surface area contributed by atoms with Crippen LogP contribution >= 0.6 is 22.6 Å². The first kappa shape index (κ1) is 16.1. The van der Waals surface area contributed by atoms with Crippen LogP contribution in [0.5, 0.6) is 0 Å². The highest BCUT2D eigenvalue weighted by molar-refractivity contribution is 14.1. The van der Waals surface area contributed by atoms with Gasteiger partial charge in [0, 0.05) is 11.8 Å². The third-order valence-electron chi connectivity index (χ3n) is 1.95. The van der Waals surface area contributed by atoms with Crippen LogP contribution in [0.2, 0.25) is 0 Å². The molecule has 0 atom stereocenters.